The number of nitrogen functional groups attached to an aromatic ring is 1. The number of thiophene rings is 1. The predicted molar refractivity (Wildman–Crippen MR) is 67.7 cm³/mol. The van der Waals surface area contributed by atoms with Gasteiger partial charge in [-0.3, -0.25) is 4.68 Å². The second-order valence-electron chi connectivity index (χ2n) is 4.40. The van der Waals surface area contributed by atoms with Gasteiger partial charge in [0.25, 0.3) is 0 Å². The molecule has 2 N–H and O–H groups in total. The third kappa shape index (κ3) is 1.29. The lowest BCUT2D eigenvalue weighted by atomic mass is 10.2. The molecule has 3 rings (SSSR count). The first-order valence-electron chi connectivity index (χ1n) is 5.58. The van der Waals surface area contributed by atoms with Crippen LogP contribution >= 0.6 is 11.3 Å². The molecule has 2 heterocycles. The van der Waals surface area contributed by atoms with Gasteiger partial charge >= 0.3 is 0 Å². The van der Waals surface area contributed by atoms with Gasteiger partial charge in [-0.1, -0.05) is 0 Å². The Balaban J connectivity index is 2.11. The van der Waals surface area contributed by atoms with Gasteiger partial charge in [0, 0.05) is 17.5 Å². The molecule has 16 heavy (non-hydrogen) atoms. The molecule has 0 atom stereocenters. The van der Waals surface area contributed by atoms with Crippen LogP contribution in [0.15, 0.2) is 6.07 Å². The normalized spacial score (nSPS) is 14.4. The van der Waals surface area contributed by atoms with Gasteiger partial charge in [0.15, 0.2) is 0 Å². The Labute approximate surface area is 98.9 Å². The Morgan fingerprint density at radius 3 is 2.88 bits per heavy atom. The van der Waals surface area contributed by atoms with Crippen LogP contribution in [0.3, 0.4) is 0 Å². The zero-order chi connectivity index (χ0) is 11.3. The van der Waals surface area contributed by atoms with E-state index in [0.29, 0.717) is 0 Å². The monoisotopic (exact) mass is 233 g/mol. The summed E-state index contributed by atoms with van der Waals surface area (Å²) in [5.74, 6) is 0.767. The average Bonchev–Trinajstić information content (AvgIpc) is 2.87. The number of anilines is 1. The van der Waals surface area contributed by atoms with E-state index in [0.717, 1.165) is 17.1 Å². The minimum absolute atomic E-state index is 0.767. The molecule has 0 fully saturated rings. The zero-order valence-corrected chi connectivity index (χ0v) is 10.4. The molecule has 0 radical (unpaired) electrons. The van der Waals surface area contributed by atoms with Crippen LogP contribution in [0.2, 0.25) is 0 Å². The highest BCUT2D eigenvalue weighted by Crippen LogP contribution is 2.37. The molecule has 2 aromatic heterocycles. The van der Waals surface area contributed by atoms with E-state index in [4.69, 9.17) is 5.73 Å². The Morgan fingerprint density at radius 1 is 1.44 bits per heavy atom. The maximum absolute atomic E-state index is 5.94. The fraction of sp³-hybridized carbons (Fsp3) is 0.417. The summed E-state index contributed by atoms with van der Waals surface area (Å²) in [6.07, 6.45) is 3.78. The minimum Gasteiger partial charge on any atom is -0.384 e. The molecule has 2 aromatic rings. The number of hydrogen-bond donors (Lipinski definition) is 1. The second kappa shape index (κ2) is 3.35. The zero-order valence-electron chi connectivity index (χ0n) is 9.58. The van der Waals surface area contributed by atoms with Gasteiger partial charge in [-0.2, -0.15) is 5.10 Å². The van der Waals surface area contributed by atoms with Crippen LogP contribution in [0.1, 0.15) is 22.4 Å². The Hall–Kier alpha value is -1.29. The molecule has 0 saturated carbocycles. The highest BCUT2D eigenvalue weighted by molar-refractivity contribution is 7.15. The van der Waals surface area contributed by atoms with Gasteiger partial charge < -0.3 is 5.73 Å². The smallest absolute Gasteiger partial charge is 0.124 e. The van der Waals surface area contributed by atoms with Crippen molar-refractivity contribution >= 4 is 17.2 Å². The maximum atomic E-state index is 5.94. The van der Waals surface area contributed by atoms with Crippen molar-refractivity contribution in [3.8, 4) is 10.6 Å². The van der Waals surface area contributed by atoms with Crippen molar-refractivity contribution in [2.75, 3.05) is 5.73 Å². The van der Waals surface area contributed by atoms with E-state index in [9.17, 15) is 0 Å². The molecule has 84 valence electrons. The van der Waals surface area contributed by atoms with Crippen molar-refractivity contribution in [1.82, 2.24) is 9.78 Å². The van der Waals surface area contributed by atoms with Crippen LogP contribution in [0.25, 0.3) is 10.6 Å². The molecule has 4 heteroatoms. The van der Waals surface area contributed by atoms with Gasteiger partial charge in [-0.05, 0) is 37.8 Å². The second-order valence-corrected chi connectivity index (χ2v) is 5.53. The largest absolute Gasteiger partial charge is 0.384 e. The molecule has 0 aliphatic heterocycles. The lowest BCUT2D eigenvalue weighted by Crippen LogP contribution is -1.97. The van der Waals surface area contributed by atoms with E-state index in [1.165, 1.54) is 29.7 Å². The fourth-order valence-electron chi connectivity index (χ4n) is 2.32. The highest BCUT2D eigenvalue weighted by Gasteiger charge is 2.19. The van der Waals surface area contributed by atoms with E-state index in [2.05, 4.69) is 11.2 Å². The van der Waals surface area contributed by atoms with Crippen molar-refractivity contribution < 1.29 is 0 Å². The lowest BCUT2D eigenvalue weighted by Gasteiger charge is -1.93. The minimum atomic E-state index is 0.767. The van der Waals surface area contributed by atoms with Gasteiger partial charge in [-0.15, -0.1) is 11.3 Å². The van der Waals surface area contributed by atoms with E-state index in [1.54, 1.807) is 9.56 Å². The van der Waals surface area contributed by atoms with E-state index in [-0.39, 0.29) is 0 Å². The highest BCUT2D eigenvalue weighted by atomic mass is 32.1. The maximum Gasteiger partial charge on any atom is 0.124 e. The quantitative estimate of drug-likeness (QED) is 0.822. The number of rotatable bonds is 1. The number of fused-ring (bicyclic) bond motifs is 1. The van der Waals surface area contributed by atoms with Gasteiger partial charge in [0.2, 0.25) is 0 Å². The number of nitrogens with zero attached hydrogens (tertiary/aromatic N) is 2. The molecule has 0 bridgehead atoms. The van der Waals surface area contributed by atoms with Crippen molar-refractivity contribution in [2.45, 2.75) is 26.2 Å². The van der Waals surface area contributed by atoms with E-state index in [1.807, 2.05) is 25.3 Å². The number of hydrogen-bond acceptors (Lipinski definition) is 3. The molecular weight excluding hydrogens is 218 g/mol. The lowest BCUT2D eigenvalue weighted by molar-refractivity contribution is 0.782. The molecule has 0 unspecified atom stereocenters. The van der Waals surface area contributed by atoms with Crippen molar-refractivity contribution in [3.63, 3.8) is 0 Å². The first-order chi connectivity index (χ1) is 7.66. The standard InChI is InChI=1S/C12H15N3S/c1-7-11(14-15(2)12(7)13)10-6-8-4-3-5-9(8)16-10/h6H,3-5,13H2,1-2H3. The van der Waals surface area contributed by atoms with Crippen LogP contribution in [-0.4, -0.2) is 9.78 Å². The Morgan fingerprint density at radius 2 is 2.25 bits per heavy atom. The molecule has 0 aromatic carbocycles. The van der Waals surface area contributed by atoms with Crippen molar-refractivity contribution in [1.29, 1.82) is 0 Å². The summed E-state index contributed by atoms with van der Waals surface area (Å²) in [7, 11) is 1.90. The summed E-state index contributed by atoms with van der Waals surface area (Å²) in [4.78, 5) is 2.81. The molecule has 1 aliphatic rings. The Kier molecular flexibility index (Phi) is 2.07. The number of aromatic nitrogens is 2. The van der Waals surface area contributed by atoms with Crippen LogP contribution in [-0.2, 0) is 19.9 Å². The van der Waals surface area contributed by atoms with Crippen LogP contribution in [0.5, 0.6) is 0 Å². The summed E-state index contributed by atoms with van der Waals surface area (Å²) in [5, 5.41) is 4.49. The Bertz CT molecular complexity index is 529. The third-order valence-electron chi connectivity index (χ3n) is 3.32. The molecule has 3 nitrogen and oxygen atoms in total. The molecule has 0 spiro atoms. The van der Waals surface area contributed by atoms with Crippen molar-refractivity contribution in [2.24, 2.45) is 7.05 Å². The average molecular weight is 233 g/mol. The topological polar surface area (TPSA) is 43.8 Å². The van der Waals surface area contributed by atoms with Gasteiger partial charge in [0.05, 0.1) is 4.88 Å². The number of nitrogens with two attached hydrogens (primary N) is 1. The fourth-order valence-corrected chi connectivity index (χ4v) is 3.62. The third-order valence-corrected chi connectivity index (χ3v) is 4.56. The summed E-state index contributed by atoms with van der Waals surface area (Å²) in [5.41, 5.74) is 9.61. The van der Waals surface area contributed by atoms with Gasteiger partial charge in [0.1, 0.15) is 11.5 Å². The SMILES string of the molecule is Cc1c(-c2cc3c(s2)CCC3)nn(C)c1N. The molecule has 0 saturated heterocycles. The number of aryl methyl sites for hydroxylation is 3. The summed E-state index contributed by atoms with van der Waals surface area (Å²) in [6.45, 7) is 2.04. The predicted octanol–water partition coefficient (Wildman–Crippen LogP) is 2.53. The summed E-state index contributed by atoms with van der Waals surface area (Å²) in [6, 6.07) is 2.29. The van der Waals surface area contributed by atoms with Crippen LogP contribution in [0.4, 0.5) is 5.82 Å². The summed E-state index contributed by atoms with van der Waals surface area (Å²) >= 11 is 1.88. The van der Waals surface area contributed by atoms with Crippen molar-refractivity contribution in [3.05, 3.63) is 22.1 Å². The molecule has 1 aliphatic carbocycles. The van der Waals surface area contributed by atoms with Crippen LogP contribution in [0, 0.1) is 6.92 Å². The molecule has 0 amide bonds. The van der Waals surface area contributed by atoms with Crippen LogP contribution < -0.4 is 5.73 Å². The van der Waals surface area contributed by atoms with E-state index >= 15 is 0 Å². The first kappa shape index (κ1) is 9.90. The van der Waals surface area contributed by atoms with Gasteiger partial charge in [-0.25, -0.2) is 0 Å². The molecular formula is C12H15N3S. The first-order valence-corrected chi connectivity index (χ1v) is 6.39. The van der Waals surface area contributed by atoms with E-state index < -0.39 is 0 Å². The summed E-state index contributed by atoms with van der Waals surface area (Å²) < 4.78 is 1.76.